The lowest BCUT2D eigenvalue weighted by molar-refractivity contribution is 0.103. The highest BCUT2D eigenvalue weighted by Crippen LogP contribution is 2.25. The average molecular weight is 293 g/mol. The van der Waals surface area contributed by atoms with Crippen molar-refractivity contribution < 1.29 is 13.9 Å². The van der Waals surface area contributed by atoms with Gasteiger partial charge in [-0.3, -0.25) is 4.79 Å². The average Bonchev–Trinajstić information content (AvgIpc) is 2.43. The van der Waals surface area contributed by atoms with Gasteiger partial charge in [0.25, 0.3) is 0 Å². The molecule has 0 aromatic heterocycles. The maximum absolute atomic E-state index is 13.1. The van der Waals surface area contributed by atoms with Crippen molar-refractivity contribution in [2.45, 2.75) is 13.8 Å². The van der Waals surface area contributed by atoms with Gasteiger partial charge in [0.2, 0.25) is 0 Å². The van der Waals surface area contributed by atoms with Crippen LogP contribution in [0.4, 0.5) is 4.39 Å². The highest BCUT2D eigenvalue weighted by atomic mass is 35.5. The summed E-state index contributed by atoms with van der Waals surface area (Å²) >= 11 is 5.72. The number of methoxy groups -OCH3 is 1. The Kier molecular flexibility index (Phi) is 4.09. The number of carbonyl (C=O) groups excluding carboxylic acids is 1. The van der Waals surface area contributed by atoms with Crippen LogP contribution < -0.4 is 4.74 Å². The zero-order valence-electron chi connectivity index (χ0n) is 11.5. The van der Waals surface area contributed by atoms with E-state index < -0.39 is 5.82 Å². The molecule has 0 amide bonds. The van der Waals surface area contributed by atoms with E-state index in [0.29, 0.717) is 11.1 Å². The summed E-state index contributed by atoms with van der Waals surface area (Å²) in [5.41, 5.74) is 2.60. The Morgan fingerprint density at radius 2 is 1.85 bits per heavy atom. The maximum Gasteiger partial charge on any atom is 0.193 e. The third-order valence-electron chi connectivity index (χ3n) is 3.17. The molecule has 4 heteroatoms. The highest BCUT2D eigenvalue weighted by molar-refractivity contribution is 6.31. The molecule has 0 heterocycles. The predicted molar refractivity (Wildman–Crippen MR) is 77.3 cm³/mol. The SMILES string of the molecule is COc1cc(C)c(C(=O)c2ccc(F)c(Cl)c2)cc1C. The quantitative estimate of drug-likeness (QED) is 0.787. The summed E-state index contributed by atoms with van der Waals surface area (Å²) in [5, 5.41) is -0.0567. The fraction of sp³-hybridized carbons (Fsp3) is 0.188. The minimum atomic E-state index is -0.536. The molecule has 0 saturated heterocycles. The second kappa shape index (κ2) is 5.63. The predicted octanol–water partition coefficient (Wildman–Crippen LogP) is 4.34. The van der Waals surface area contributed by atoms with Crippen LogP contribution in [0.15, 0.2) is 30.3 Å². The molecule has 0 aliphatic heterocycles. The Morgan fingerprint density at radius 1 is 1.15 bits per heavy atom. The zero-order chi connectivity index (χ0) is 14.9. The monoisotopic (exact) mass is 292 g/mol. The van der Waals surface area contributed by atoms with Crippen molar-refractivity contribution in [3.8, 4) is 5.75 Å². The van der Waals surface area contributed by atoms with Gasteiger partial charge in [0, 0.05) is 11.1 Å². The summed E-state index contributed by atoms with van der Waals surface area (Å²) in [4.78, 5) is 12.5. The van der Waals surface area contributed by atoms with E-state index in [2.05, 4.69) is 0 Å². The van der Waals surface area contributed by atoms with E-state index in [-0.39, 0.29) is 10.8 Å². The third kappa shape index (κ3) is 2.68. The molecule has 0 aliphatic carbocycles. The van der Waals surface area contributed by atoms with Gasteiger partial charge in [0.05, 0.1) is 12.1 Å². The van der Waals surface area contributed by atoms with Gasteiger partial charge < -0.3 is 4.74 Å². The van der Waals surface area contributed by atoms with Crippen LogP contribution >= 0.6 is 11.6 Å². The summed E-state index contributed by atoms with van der Waals surface area (Å²) in [6.07, 6.45) is 0. The molecule has 2 aromatic carbocycles. The van der Waals surface area contributed by atoms with Crippen LogP contribution in [0.1, 0.15) is 27.0 Å². The van der Waals surface area contributed by atoms with E-state index in [1.807, 2.05) is 19.9 Å². The molecule has 2 rings (SSSR count). The minimum absolute atomic E-state index is 0.0567. The number of halogens is 2. The van der Waals surface area contributed by atoms with Crippen molar-refractivity contribution >= 4 is 17.4 Å². The van der Waals surface area contributed by atoms with E-state index in [9.17, 15) is 9.18 Å². The second-order valence-corrected chi connectivity index (χ2v) is 5.00. The molecule has 0 aliphatic rings. The normalized spacial score (nSPS) is 10.4. The van der Waals surface area contributed by atoms with Gasteiger partial charge >= 0.3 is 0 Å². The summed E-state index contributed by atoms with van der Waals surface area (Å²) in [5.74, 6) is 0.0113. The van der Waals surface area contributed by atoms with Crippen LogP contribution in [-0.4, -0.2) is 12.9 Å². The Hall–Kier alpha value is -1.87. The molecule has 20 heavy (non-hydrogen) atoms. The van der Waals surface area contributed by atoms with E-state index in [4.69, 9.17) is 16.3 Å². The first-order valence-electron chi connectivity index (χ1n) is 6.09. The molecule has 0 spiro atoms. The number of carbonyl (C=O) groups is 1. The summed E-state index contributed by atoms with van der Waals surface area (Å²) in [6, 6.07) is 7.56. The van der Waals surface area contributed by atoms with Crippen LogP contribution in [0.25, 0.3) is 0 Å². The summed E-state index contributed by atoms with van der Waals surface area (Å²) < 4.78 is 18.4. The van der Waals surface area contributed by atoms with Crippen LogP contribution in [0.5, 0.6) is 5.75 Å². The standard InChI is InChI=1S/C16H14ClFO2/c1-9-7-15(20-3)10(2)6-12(9)16(19)11-4-5-14(18)13(17)8-11/h4-8H,1-3H3. The van der Waals surface area contributed by atoms with Gasteiger partial charge in [-0.1, -0.05) is 11.6 Å². The van der Waals surface area contributed by atoms with E-state index >= 15 is 0 Å². The molecular formula is C16H14ClFO2. The Bertz CT molecular complexity index is 680. The fourth-order valence-corrected chi connectivity index (χ4v) is 2.23. The van der Waals surface area contributed by atoms with E-state index in [1.54, 1.807) is 13.2 Å². The fourth-order valence-electron chi connectivity index (χ4n) is 2.05. The van der Waals surface area contributed by atoms with Crippen molar-refractivity contribution in [2.75, 3.05) is 7.11 Å². The van der Waals surface area contributed by atoms with Crippen molar-refractivity contribution in [2.24, 2.45) is 0 Å². The van der Waals surface area contributed by atoms with Crippen LogP contribution in [0.3, 0.4) is 0 Å². The number of ether oxygens (including phenoxy) is 1. The molecule has 0 atom stereocenters. The molecule has 0 unspecified atom stereocenters. The van der Waals surface area contributed by atoms with Crippen molar-refractivity contribution in [1.29, 1.82) is 0 Å². The Balaban J connectivity index is 2.48. The molecule has 0 radical (unpaired) electrons. The molecular weight excluding hydrogens is 279 g/mol. The number of hydrogen-bond acceptors (Lipinski definition) is 2. The molecule has 0 saturated carbocycles. The summed E-state index contributed by atoms with van der Waals surface area (Å²) in [6.45, 7) is 3.70. The number of rotatable bonds is 3. The van der Waals surface area contributed by atoms with Crippen molar-refractivity contribution in [3.05, 3.63) is 63.4 Å². The van der Waals surface area contributed by atoms with Crippen molar-refractivity contribution in [3.63, 3.8) is 0 Å². The summed E-state index contributed by atoms with van der Waals surface area (Å²) in [7, 11) is 1.59. The molecule has 0 bridgehead atoms. The first-order chi connectivity index (χ1) is 9.43. The first-order valence-corrected chi connectivity index (χ1v) is 6.47. The van der Waals surface area contributed by atoms with E-state index in [1.165, 1.54) is 18.2 Å². The lowest BCUT2D eigenvalue weighted by Crippen LogP contribution is -2.05. The molecule has 2 nitrogen and oxygen atoms in total. The molecule has 0 N–H and O–H groups in total. The number of aryl methyl sites for hydroxylation is 2. The Morgan fingerprint density at radius 3 is 2.45 bits per heavy atom. The van der Waals surface area contributed by atoms with Crippen molar-refractivity contribution in [1.82, 2.24) is 0 Å². The lowest BCUT2D eigenvalue weighted by Gasteiger charge is -2.11. The lowest BCUT2D eigenvalue weighted by atomic mass is 9.97. The van der Waals surface area contributed by atoms with Gasteiger partial charge in [-0.05, 0) is 55.3 Å². The molecule has 0 fully saturated rings. The maximum atomic E-state index is 13.1. The Labute approximate surface area is 122 Å². The molecule has 2 aromatic rings. The first kappa shape index (κ1) is 14.5. The van der Waals surface area contributed by atoms with Gasteiger partial charge in [-0.2, -0.15) is 0 Å². The van der Waals surface area contributed by atoms with Crippen LogP contribution in [0.2, 0.25) is 5.02 Å². The molecule has 104 valence electrons. The smallest absolute Gasteiger partial charge is 0.193 e. The van der Waals surface area contributed by atoms with E-state index in [0.717, 1.165) is 16.9 Å². The second-order valence-electron chi connectivity index (χ2n) is 4.59. The topological polar surface area (TPSA) is 26.3 Å². The highest BCUT2D eigenvalue weighted by Gasteiger charge is 2.15. The van der Waals surface area contributed by atoms with Gasteiger partial charge in [0.15, 0.2) is 5.78 Å². The van der Waals surface area contributed by atoms with Gasteiger partial charge in [0.1, 0.15) is 11.6 Å². The minimum Gasteiger partial charge on any atom is -0.496 e. The largest absolute Gasteiger partial charge is 0.496 e. The number of ketones is 1. The van der Waals surface area contributed by atoms with Crippen LogP contribution in [0, 0.1) is 19.7 Å². The van der Waals surface area contributed by atoms with Crippen LogP contribution in [-0.2, 0) is 0 Å². The van der Waals surface area contributed by atoms with Gasteiger partial charge in [-0.15, -0.1) is 0 Å². The number of hydrogen-bond donors (Lipinski definition) is 0. The van der Waals surface area contributed by atoms with Gasteiger partial charge in [-0.25, -0.2) is 4.39 Å². The zero-order valence-corrected chi connectivity index (χ0v) is 12.2. The third-order valence-corrected chi connectivity index (χ3v) is 3.46. The number of benzene rings is 2.